The summed E-state index contributed by atoms with van der Waals surface area (Å²) in [7, 11) is 0. The van der Waals surface area contributed by atoms with Crippen LogP contribution in [0.2, 0.25) is 5.02 Å². The Kier molecular flexibility index (Phi) is 5.06. The van der Waals surface area contributed by atoms with Crippen molar-refractivity contribution in [2.24, 2.45) is 0 Å². The number of halogens is 3. The molecule has 0 nitrogen and oxygen atoms in total. The first-order chi connectivity index (χ1) is 9.56. The van der Waals surface area contributed by atoms with Crippen molar-refractivity contribution in [2.45, 2.75) is 32.1 Å². The zero-order valence-electron chi connectivity index (χ0n) is 11.6. The van der Waals surface area contributed by atoms with Crippen LogP contribution in [0, 0.1) is 5.82 Å². The average Bonchev–Trinajstić information content (AvgIpc) is 2.48. The number of rotatable bonds is 4. The van der Waals surface area contributed by atoms with Gasteiger partial charge in [-0.2, -0.15) is 0 Å². The molecule has 0 aliphatic heterocycles. The molecule has 20 heavy (non-hydrogen) atoms. The van der Waals surface area contributed by atoms with Crippen LogP contribution in [0.4, 0.5) is 4.39 Å². The first kappa shape index (κ1) is 15.3. The second kappa shape index (κ2) is 6.60. The maximum Gasteiger partial charge on any atom is 0.142 e. The number of aryl methyl sites for hydroxylation is 2. The second-order valence-electron chi connectivity index (χ2n) is 4.78. The fourth-order valence-corrected chi connectivity index (χ4v) is 2.73. The zero-order chi connectivity index (χ0) is 14.7. The molecule has 0 radical (unpaired) electrons. The molecule has 2 aromatic carbocycles. The highest BCUT2D eigenvalue weighted by Gasteiger charge is 2.16. The lowest BCUT2D eigenvalue weighted by atomic mass is 9.95. The standard InChI is InChI=1S/C17H17Cl2F/c1-3-11-5-6-12(4-2)14(9-11)17(19)13-7-8-15(18)16(20)10-13/h5-10,17H,3-4H2,1-2H3. The normalized spacial score (nSPS) is 12.4. The van der Waals surface area contributed by atoms with Gasteiger partial charge < -0.3 is 0 Å². The van der Waals surface area contributed by atoms with Crippen molar-refractivity contribution in [2.75, 3.05) is 0 Å². The highest BCUT2D eigenvalue weighted by atomic mass is 35.5. The van der Waals surface area contributed by atoms with Crippen molar-refractivity contribution in [3.63, 3.8) is 0 Å². The van der Waals surface area contributed by atoms with Gasteiger partial charge in [0.25, 0.3) is 0 Å². The zero-order valence-corrected chi connectivity index (χ0v) is 13.1. The number of alkyl halides is 1. The summed E-state index contributed by atoms with van der Waals surface area (Å²) < 4.78 is 13.6. The van der Waals surface area contributed by atoms with Crippen LogP contribution >= 0.6 is 23.2 Å². The van der Waals surface area contributed by atoms with Crippen molar-refractivity contribution in [1.29, 1.82) is 0 Å². The molecule has 3 heteroatoms. The summed E-state index contributed by atoms with van der Waals surface area (Å²) in [6.45, 7) is 4.20. The van der Waals surface area contributed by atoms with Gasteiger partial charge in [0.1, 0.15) is 5.82 Å². The maximum atomic E-state index is 13.6. The van der Waals surface area contributed by atoms with Crippen molar-refractivity contribution in [3.05, 3.63) is 69.5 Å². The van der Waals surface area contributed by atoms with Gasteiger partial charge in [-0.05, 0) is 47.2 Å². The van der Waals surface area contributed by atoms with E-state index in [4.69, 9.17) is 23.2 Å². The Labute approximate surface area is 129 Å². The van der Waals surface area contributed by atoms with E-state index in [9.17, 15) is 4.39 Å². The molecule has 0 aromatic heterocycles. The Balaban J connectivity index is 2.45. The lowest BCUT2D eigenvalue weighted by Gasteiger charge is -2.16. The highest BCUT2D eigenvalue weighted by Crippen LogP contribution is 2.33. The van der Waals surface area contributed by atoms with Gasteiger partial charge in [0, 0.05) is 0 Å². The molecule has 0 fully saturated rings. The first-order valence-corrected chi connectivity index (χ1v) is 7.59. The monoisotopic (exact) mass is 310 g/mol. The molecule has 0 aliphatic rings. The van der Waals surface area contributed by atoms with E-state index in [1.807, 2.05) is 0 Å². The molecule has 2 rings (SSSR count). The molecule has 0 heterocycles. The third kappa shape index (κ3) is 3.16. The van der Waals surface area contributed by atoms with E-state index < -0.39 is 5.82 Å². The van der Waals surface area contributed by atoms with Gasteiger partial charge in [-0.25, -0.2) is 4.39 Å². The van der Waals surface area contributed by atoms with Gasteiger partial charge in [0.05, 0.1) is 10.4 Å². The molecule has 106 valence electrons. The molecule has 0 amide bonds. The molecule has 0 bridgehead atoms. The van der Waals surface area contributed by atoms with Gasteiger partial charge in [0.2, 0.25) is 0 Å². The molecule has 1 unspecified atom stereocenters. The molecule has 0 aliphatic carbocycles. The third-order valence-electron chi connectivity index (χ3n) is 3.51. The molecule has 0 saturated heterocycles. The summed E-state index contributed by atoms with van der Waals surface area (Å²) >= 11 is 12.3. The quantitative estimate of drug-likeness (QED) is 0.614. The van der Waals surface area contributed by atoms with Gasteiger partial charge in [0.15, 0.2) is 0 Å². The van der Waals surface area contributed by atoms with E-state index in [2.05, 4.69) is 32.0 Å². The van der Waals surface area contributed by atoms with Crippen LogP contribution in [-0.2, 0) is 12.8 Å². The molecule has 1 atom stereocenters. The Hall–Kier alpha value is -1.05. The minimum absolute atomic E-state index is 0.121. The molecule has 0 saturated carbocycles. The summed E-state index contributed by atoms with van der Waals surface area (Å²) in [5.74, 6) is -0.431. The minimum Gasteiger partial charge on any atom is -0.205 e. The molecular weight excluding hydrogens is 294 g/mol. The largest absolute Gasteiger partial charge is 0.205 e. The molecule has 2 aromatic rings. The van der Waals surface area contributed by atoms with Crippen molar-refractivity contribution < 1.29 is 4.39 Å². The maximum absolute atomic E-state index is 13.6. The number of hydrogen-bond donors (Lipinski definition) is 0. The predicted molar refractivity (Wildman–Crippen MR) is 84.3 cm³/mol. The SMILES string of the molecule is CCc1ccc(CC)c(C(Cl)c2ccc(Cl)c(F)c2)c1. The summed E-state index contributed by atoms with van der Waals surface area (Å²) in [5.41, 5.74) is 4.21. The van der Waals surface area contributed by atoms with Gasteiger partial charge in [-0.1, -0.05) is 49.7 Å². The van der Waals surface area contributed by atoms with E-state index in [0.717, 1.165) is 24.0 Å². The van der Waals surface area contributed by atoms with Crippen molar-refractivity contribution >= 4 is 23.2 Å². The lowest BCUT2D eigenvalue weighted by Crippen LogP contribution is -2.00. The van der Waals surface area contributed by atoms with E-state index in [0.29, 0.717) is 0 Å². The molecular formula is C17H17Cl2F. The smallest absolute Gasteiger partial charge is 0.142 e. The van der Waals surface area contributed by atoms with Crippen molar-refractivity contribution in [3.8, 4) is 0 Å². The van der Waals surface area contributed by atoms with Crippen LogP contribution in [0.15, 0.2) is 36.4 Å². The summed E-state index contributed by atoms with van der Waals surface area (Å²) in [5, 5.41) is -0.237. The molecule has 0 spiro atoms. The van der Waals surface area contributed by atoms with Gasteiger partial charge in [-0.15, -0.1) is 11.6 Å². The van der Waals surface area contributed by atoms with Gasteiger partial charge in [-0.3, -0.25) is 0 Å². The summed E-state index contributed by atoms with van der Waals surface area (Å²) in [6.07, 6.45) is 1.86. The number of hydrogen-bond acceptors (Lipinski definition) is 0. The first-order valence-electron chi connectivity index (χ1n) is 6.77. The number of benzene rings is 2. The average molecular weight is 311 g/mol. The third-order valence-corrected chi connectivity index (χ3v) is 4.30. The Morgan fingerprint density at radius 1 is 1.05 bits per heavy atom. The topological polar surface area (TPSA) is 0 Å². The summed E-state index contributed by atoms with van der Waals surface area (Å²) in [6, 6.07) is 11.1. The van der Waals surface area contributed by atoms with Crippen LogP contribution in [0.1, 0.15) is 41.5 Å². The minimum atomic E-state index is -0.431. The fraction of sp³-hybridized carbons (Fsp3) is 0.294. The van der Waals surface area contributed by atoms with E-state index in [1.165, 1.54) is 17.2 Å². The Morgan fingerprint density at radius 2 is 1.80 bits per heavy atom. The van der Waals surface area contributed by atoms with Crippen LogP contribution in [0.25, 0.3) is 0 Å². The second-order valence-corrected chi connectivity index (χ2v) is 5.62. The highest BCUT2D eigenvalue weighted by molar-refractivity contribution is 6.30. The van der Waals surface area contributed by atoms with E-state index in [1.54, 1.807) is 12.1 Å². The fourth-order valence-electron chi connectivity index (χ4n) is 2.27. The van der Waals surface area contributed by atoms with Gasteiger partial charge >= 0.3 is 0 Å². The van der Waals surface area contributed by atoms with Crippen LogP contribution in [0.3, 0.4) is 0 Å². The van der Waals surface area contributed by atoms with Crippen LogP contribution in [-0.4, -0.2) is 0 Å². The Morgan fingerprint density at radius 3 is 2.40 bits per heavy atom. The predicted octanol–water partition coefficient (Wildman–Crippen LogP) is 5.93. The van der Waals surface area contributed by atoms with Crippen LogP contribution < -0.4 is 0 Å². The summed E-state index contributed by atoms with van der Waals surface area (Å²) in [4.78, 5) is 0. The Bertz CT molecular complexity index is 608. The lowest BCUT2D eigenvalue weighted by molar-refractivity contribution is 0.626. The van der Waals surface area contributed by atoms with E-state index >= 15 is 0 Å². The molecule has 0 N–H and O–H groups in total. The van der Waals surface area contributed by atoms with Crippen molar-refractivity contribution in [1.82, 2.24) is 0 Å². The van der Waals surface area contributed by atoms with Crippen LogP contribution in [0.5, 0.6) is 0 Å². The van der Waals surface area contributed by atoms with E-state index in [-0.39, 0.29) is 10.4 Å².